The van der Waals surface area contributed by atoms with Crippen molar-refractivity contribution in [2.24, 2.45) is 0 Å². The standard InChI is InChI=1S/C15H32N2O2Si/c1-5-6-7-8-13-20(3,4)15-16-10-12-17(15)11-9-14(18)19-2/h15-16H,5-13H2,1-4H3. The van der Waals surface area contributed by atoms with Crippen LogP contribution in [0.25, 0.3) is 0 Å². The number of ether oxygens (including phenoxy) is 1. The lowest BCUT2D eigenvalue weighted by molar-refractivity contribution is -0.140. The normalized spacial score (nSPS) is 20.3. The molecular formula is C15H32N2O2Si. The molecule has 1 atom stereocenters. The van der Waals surface area contributed by atoms with Crippen molar-refractivity contribution in [3.63, 3.8) is 0 Å². The minimum Gasteiger partial charge on any atom is -0.469 e. The molecule has 1 aliphatic heterocycles. The van der Waals surface area contributed by atoms with Crippen molar-refractivity contribution in [1.82, 2.24) is 10.2 Å². The number of carbonyl (C=O) groups excluding carboxylic acids is 1. The highest BCUT2D eigenvalue weighted by molar-refractivity contribution is 6.78. The smallest absolute Gasteiger partial charge is 0.306 e. The zero-order chi connectivity index (χ0) is 15.0. The predicted octanol–water partition coefficient (Wildman–Crippen LogP) is 2.61. The number of hydrogen-bond donors (Lipinski definition) is 1. The van der Waals surface area contributed by atoms with E-state index in [1.54, 1.807) is 0 Å². The highest BCUT2D eigenvalue weighted by atomic mass is 28.3. The van der Waals surface area contributed by atoms with Crippen LogP contribution in [-0.2, 0) is 9.53 Å². The van der Waals surface area contributed by atoms with Gasteiger partial charge in [0.05, 0.1) is 21.6 Å². The number of nitrogens with one attached hydrogen (secondary N) is 1. The lowest BCUT2D eigenvalue weighted by Gasteiger charge is -2.36. The Labute approximate surface area is 125 Å². The summed E-state index contributed by atoms with van der Waals surface area (Å²) < 4.78 is 4.75. The predicted molar refractivity (Wildman–Crippen MR) is 86.4 cm³/mol. The van der Waals surface area contributed by atoms with E-state index in [0.29, 0.717) is 12.2 Å². The monoisotopic (exact) mass is 300 g/mol. The summed E-state index contributed by atoms with van der Waals surface area (Å²) in [5, 5.41) is 3.67. The van der Waals surface area contributed by atoms with Gasteiger partial charge in [-0.1, -0.05) is 51.7 Å². The van der Waals surface area contributed by atoms with Gasteiger partial charge < -0.3 is 10.1 Å². The summed E-state index contributed by atoms with van der Waals surface area (Å²) in [5.41, 5.74) is 0. The number of esters is 1. The second-order valence-electron chi connectivity index (χ2n) is 6.52. The first-order chi connectivity index (χ1) is 9.51. The van der Waals surface area contributed by atoms with Crippen LogP contribution in [0.3, 0.4) is 0 Å². The molecule has 4 nitrogen and oxygen atoms in total. The van der Waals surface area contributed by atoms with Gasteiger partial charge in [0, 0.05) is 25.4 Å². The summed E-state index contributed by atoms with van der Waals surface area (Å²) in [4.78, 5) is 13.8. The van der Waals surface area contributed by atoms with Crippen LogP contribution in [0.15, 0.2) is 0 Å². The molecule has 0 aromatic rings. The second-order valence-corrected chi connectivity index (χ2v) is 11.5. The summed E-state index contributed by atoms with van der Waals surface area (Å²) in [6.45, 7) is 10.2. The zero-order valence-electron chi connectivity index (χ0n) is 13.7. The van der Waals surface area contributed by atoms with E-state index < -0.39 is 8.07 Å². The molecule has 1 fully saturated rings. The number of unbranched alkanes of at least 4 members (excludes halogenated alkanes) is 3. The lowest BCUT2D eigenvalue weighted by atomic mass is 10.2. The Morgan fingerprint density at radius 3 is 2.75 bits per heavy atom. The second kappa shape index (κ2) is 8.80. The average Bonchev–Trinajstić information content (AvgIpc) is 2.90. The first-order valence-electron chi connectivity index (χ1n) is 8.05. The van der Waals surface area contributed by atoms with Crippen molar-refractivity contribution in [2.75, 3.05) is 26.7 Å². The molecule has 5 heteroatoms. The highest BCUT2D eigenvalue weighted by Gasteiger charge is 2.38. The lowest BCUT2D eigenvalue weighted by Crippen LogP contribution is -2.55. The van der Waals surface area contributed by atoms with E-state index in [0.717, 1.165) is 19.6 Å². The van der Waals surface area contributed by atoms with Gasteiger partial charge in [-0.2, -0.15) is 0 Å². The molecule has 1 N–H and O–H groups in total. The van der Waals surface area contributed by atoms with Crippen LogP contribution in [0.5, 0.6) is 0 Å². The van der Waals surface area contributed by atoms with Crippen molar-refractivity contribution in [3.8, 4) is 0 Å². The molecule has 0 aromatic heterocycles. The van der Waals surface area contributed by atoms with Gasteiger partial charge in [0.15, 0.2) is 0 Å². The van der Waals surface area contributed by atoms with E-state index in [4.69, 9.17) is 4.74 Å². The Bertz CT molecular complexity index is 298. The summed E-state index contributed by atoms with van der Waals surface area (Å²) in [6, 6.07) is 1.37. The van der Waals surface area contributed by atoms with Crippen molar-refractivity contribution in [2.45, 2.75) is 64.0 Å². The van der Waals surface area contributed by atoms with E-state index in [-0.39, 0.29) is 5.97 Å². The molecule has 1 unspecified atom stereocenters. The average molecular weight is 301 g/mol. The molecule has 0 aliphatic carbocycles. The Hall–Kier alpha value is -0.393. The van der Waals surface area contributed by atoms with E-state index in [2.05, 4.69) is 30.2 Å². The third kappa shape index (κ3) is 5.54. The van der Waals surface area contributed by atoms with Crippen molar-refractivity contribution >= 4 is 14.0 Å². The fraction of sp³-hybridized carbons (Fsp3) is 0.933. The SMILES string of the molecule is CCCCCC[Si](C)(C)C1NCCN1CCC(=O)OC. The maximum Gasteiger partial charge on any atom is 0.306 e. The van der Waals surface area contributed by atoms with Crippen LogP contribution in [-0.4, -0.2) is 51.5 Å². The molecule has 1 rings (SSSR count). The van der Waals surface area contributed by atoms with Gasteiger partial charge in [0.25, 0.3) is 0 Å². The number of carbonyl (C=O) groups is 1. The minimum atomic E-state index is -1.30. The van der Waals surface area contributed by atoms with Gasteiger partial charge in [-0.3, -0.25) is 9.69 Å². The van der Waals surface area contributed by atoms with Gasteiger partial charge >= 0.3 is 5.97 Å². The summed E-state index contributed by atoms with van der Waals surface area (Å²) in [5.74, 6) is 0.423. The minimum absolute atomic E-state index is 0.0990. The van der Waals surface area contributed by atoms with Crippen LogP contribution in [0.2, 0.25) is 19.1 Å². The molecule has 0 amide bonds. The van der Waals surface area contributed by atoms with E-state index in [1.165, 1.54) is 38.8 Å². The molecule has 0 aromatic carbocycles. The molecule has 0 radical (unpaired) electrons. The molecule has 0 bridgehead atoms. The number of nitrogens with zero attached hydrogens (tertiary/aromatic N) is 1. The molecule has 0 saturated carbocycles. The summed E-state index contributed by atoms with van der Waals surface area (Å²) in [6.07, 6.45) is 5.89. The fourth-order valence-electron chi connectivity index (χ4n) is 3.10. The Morgan fingerprint density at radius 1 is 1.35 bits per heavy atom. The molecule has 20 heavy (non-hydrogen) atoms. The van der Waals surface area contributed by atoms with Gasteiger partial charge in [-0.05, 0) is 0 Å². The van der Waals surface area contributed by atoms with Gasteiger partial charge in [-0.25, -0.2) is 0 Å². The summed E-state index contributed by atoms with van der Waals surface area (Å²) in [7, 11) is 0.164. The van der Waals surface area contributed by atoms with Gasteiger partial charge in [0.2, 0.25) is 0 Å². The van der Waals surface area contributed by atoms with E-state index in [1.807, 2.05) is 0 Å². The van der Waals surface area contributed by atoms with Gasteiger partial charge in [-0.15, -0.1) is 0 Å². The first kappa shape index (κ1) is 17.7. The quantitative estimate of drug-likeness (QED) is 0.404. The molecular weight excluding hydrogens is 268 g/mol. The van der Waals surface area contributed by atoms with Crippen LogP contribution in [0, 0.1) is 0 Å². The number of rotatable bonds is 9. The highest BCUT2D eigenvalue weighted by Crippen LogP contribution is 2.23. The third-order valence-corrected chi connectivity index (χ3v) is 8.04. The maximum absolute atomic E-state index is 11.3. The number of hydrogen-bond acceptors (Lipinski definition) is 4. The number of methoxy groups -OCH3 is 1. The molecule has 1 saturated heterocycles. The Kier molecular flexibility index (Phi) is 7.77. The third-order valence-electron chi connectivity index (χ3n) is 4.35. The first-order valence-corrected chi connectivity index (χ1v) is 11.3. The van der Waals surface area contributed by atoms with E-state index in [9.17, 15) is 4.79 Å². The maximum atomic E-state index is 11.3. The summed E-state index contributed by atoms with van der Waals surface area (Å²) >= 11 is 0. The van der Waals surface area contributed by atoms with Crippen LogP contribution in [0.4, 0.5) is 0 Å². The molecule has 1 aliphatic rings. The largest absolute Gasteiger partial charge is 0.469 e. The molecule has 0 spiro atoms. The van der Waals surface area contributed by atoms with Crippen molar-refractivity contribution in [3.05, 3.63) is 0 Å². The fourth-order valence-corrected chi connectivity index (χ4v) is 6.47. The Balaban J connectivity index is 2.42. The Morgan fingerprint density at radius 2 is 2.10 bits per heavy atom. The van der Waals surface area contributed by atoms with Crippen molar-refractivity contribution in [1.29, 1.82) is 0 Å². The van der Waals surface area contributed by atoms with Crippen molar-refractivity contribution < 1.29 is 9.53 Å². The van der Waals surface area contributed by atoms with E-state index >= 15 is 0 Å². The molecule has 1 heterocycles. The zero-order valence-corrected chi connectivity index (χ0v) is 14.7. The van der Waals surface area contributed by atoms with Gasteiger partial charge in [0.1, 0.15) is 0 Å². The van der Waals surface area contributed by atoms with Crippen LogP contribution >= 0.6 is 0 Å². The molecule has 118 valence electrons. The van der Waals surface area contributed by atoms with Crippen LogP contribution in [0.1, 0.15) is 39.0 Å². The topological polar surface area (TPSA) is 41.6 Å². The van der Waals surface area contributed by atoms with Crippen LogP contribution < -0.4 is 5.32 Å².